The van der Waals surface area contributed by atoms with E-state index < -0.39 is 5.91 Å². The highest BCUT2D eigenvalue weighted by atomic mass is 79.9. The summed E-state index contributed by atoms with van der Waals surface area (Å²) in [4.78, 5) is 25.6. The zero-order chi connectivity index (χ0) is 25.9. The molecule has 0 heterocycles. The van der Waals surface area contributed by atoms with Crippen LogP contribution in [0.5, 0.6) is 11.5 Å². The summed E-state index contributed by atoms with van der Waals surface area (Å²) in [6.07, 6.45) is 0. The lowest BCUT2D eigenvalue weighted by Crippen LogP contribution is -2.34. The van der Waals surface area contributed by atoms with Gasteiger partial charge in [-0.05, 0) is 89.7 Å². The number of methoxy groups -OCH3 is 1. The third kappa shape index (κ3) is 7.77. The maximum absolute atomic E-state index is 12.9. The van der Waals surface area contributed by atoms with E-state index in [1.54, 1.807) is 73.8 Å². The number of hydrogen-bond donors (Lipinski definition) is 3. The van der Waals surface area contributed by atoms with Crippen molar-refractivity contribution < 1.29 is 23.8 Å². The number of halogens is 1. The molecule has 0 spiro atoms. The van der Waals surface area contributed by atoms with Crippen LogP contribution >= 0.6 is 28.1 Å². The Bertz CT molecular complexity index is 1220. The normalized spacial score (nSPS) is 10.3. The Morgan fingerprint density at radius 2 is 1.67 bits per heavy atom. The summed E-state index contributed by atoms with van der Waals surface area (Å²) in [5, 5.41) is 8.47. The number of ether oxygens (including phenoxy) is 3. The van der Waals surface area contributed by atoms with Gasteiger partial charge in [0, 0.05) is 18.4 Å². The molecule has 0 aliphatic rings. The minimum absolute atomic E-state index is 0.0536. The smallest absolute Gasteiger partial charge is 0.257 e. The van der Waals surface area contributed by atoms with Gasteiger partial charge in [0.1, 0.15) is 18.1 Å². The lowest BCUT2D eigenvalue weighted by atomic mass is 10.1. The van der Waals surface area contributed by atoms with Gasteiger partial charge in [-0.1, -0.05) is 12.1 Å². The summed E-state index contributed by atoms with van der Waals surface area (Å²) in [6.45, 7) is 3.31. The molecular formula is C26H26BrN3O5S. The Balaban J connectivity index is 1.62. The molecule has 0 atom stereocenters. The molecule has 0 saturated heterocycles. The highest BCUT2D eigenvalue weighted by Gasteiger charge is 2.15. The minimum Gasteiger partial charge on any atom is -0.494 e. The fourth-order valence-electron chi connectivity index (χ4n) is 3.11. The number of anilines is 2. The number of nitrogens with one attached hydrogen (secondary N) is 3. The standard InChI is InChI=1S/C26H26BrN3O5S/c1-3-34-19-11-9-18(10-12-19)28-25(32)20-6-4-5-7-22(20)29-26(36)30-24(31)17-8-13-23(21(27)16-17)35-15-14-33-2/h4-13,16H,3,14-15H2,1-2H3,(H,28,32)(H2,29,30,31,36). The van der Waals surface area contributed by atoms with E-state index in [1.165, 1.54) is 0 Å². The molecule has 0 bridgehead atoms. The highest BCUT2D eigenvalue weighted by Crippen LogP contribution is 2.26. The number of para-hydroxylation sites is 1. The van der Waals surface area contributed by atoms with E-state index in [1.807, 2.05) is 6.92 Å². The Labute approximate surface area is 223 Å². The molecule has 0 aliphatic heterocycles. The van der Waals surface area contributed by atoms with Crippen LogP contribution in [-0.4, -0.2) is 43.9 Å². The summed E-state index contributed by atoms with van der Waals surface area (Å²) in [7, 11) is 1.59. The lowest BCUT2D eigenvalue weighted by Gasteiger charge is -2.14. The van der Waals surface area contributed by atoms with Gasteiger partial charge in [0.05, 0.1) is 28.9 Å². The van der Waals surface area contributed by atoms with Crippen molar-refractivity contribution in [2.75, 3.05) is 37.6 Å². The van der Waals surface area contributed by atoms with Crippen molar-refractivity contribution in [3.63, 3.8) is 0 Å². The van der Waals surface area contributed by atoms with Crippen LogP contribution in [0.3, 0.4) is 0 Å². The quantitative estimate of drug-likeness (QED) is 0.226. The van der Waals surface area contributed by atoms with Crippen molar-refractivity contribution in [1.82, 2.24) is 5.32 Å². The number of carbonyl (C=O) groups excluding carboxylic acids is 2. The minimum atomic E-state index is -0.409. The van der Waals surface area contributed by atoms with E-state index in [4.69, 9.17) is 26.4 Å². The van der Waals surface area contributed by atoms with Crippen molar-refractivity contribution in [2.45, 2.75) is 6.92 Å². The van der Waals surface area contributed by atoms with Crippen LogP contribution in [0.4, 0.5) is 11.4 Å². The number of benzene rings is 3. The average molecular weight is 572 g/mol. The Morgan fingerprint density at radius 1 is 0.917 bits per heavy atom. The molecule has 2 amide bonds. The molecule has 8 nitrogen and oxygen atoms in total. The number of amides is 2. The fraction of sp³-hybridized carbons (Fsp3) is 0.192. The second-order valence-corrected chi connectivity index (χ2v) is 8.61. The van der Waals surface area contributed by atoms with Crippen LogP contribution in [0.1, 0.15) is 27.6 Å². The number of thiocarbonyl (C=S) groups is 1. The summed E-state index contributed by atoms with van der Waals surface area (Å²) < 4.78 is 16.6. The molecule has 0 aliphatic carbocycles. The van der Waals surface area contributed by atoms with Crippen LogP contribution < -0.4 is 25.4 Å². The van der Waals surface area contributed by atoms with E-state index >= 15 is 0 Å². The zero-order valence-corrected chi connectivity index (χ0v) is 22.2. The largest absolute Gasteiger partial charge is 0.494 e. The van der Waals surface area contributed by atoms with Gasteiger partial charge in [-0.2, -0.15) is 0 Å². The predicted molar refractivity (Wildman–Crippen MR) is 147 cm³/mol. The molecule has 0 radical (unpaired) electrons. The molecular weight excluding hydrogens is 546 g/mol. The maximum atomic E-state index is 12.9. The number of hydrogen-bond acceptors (Lipinski definition) is 6. The maximum Gasteiger partial charge on any atom is 0.257 e. The van der Waals surface area contributed by atoms with Crippen LogP contribution in [0.2, 0.25) is 0 Å². The predicted octanol–water partition coefficient (Wildman–Crippen LogP) is 5.25. The van der Waals surface area contributed by atoms with E-state index in [0.29, 0.717) is 52.5 Å². The second-order valence-electron chi connectivity index (χ2n) is 7.35. The summed E-state index contributed by atoms with van der Waals surface area (Å²) in [6, 6.07) is 18.9. The molecule has 0 aromatic heterocycles. The first kappa shape index (κ1) is 27.1. The monoisotopic (exact) mass is 571 g/mol. The van der Waals surface area contributed by atoms with Gasteiger partial charge in [-0.15, -0.1) is 0 Å². The third-order valence-electron chi connectivity index (χ3n) is 4.81. The first-order chi connectivity index (χ1) is 17.4. The van der Waals surface area contributed by atoms with Crippen molar-refractivity contribution in [3.8, 4) is 11.5 Å². The SMILES string of the molecule is CCOc1ccc(NC(=O)c2ccccc2NC(=S)NC(=O)c2ccc(OCCOC)c(Br)c2)cc1. The van der Waals surface area contributed by atoms with Crippen molar-refractivity contribution in [3.05, 3.63) is 82.3 Å². The number of carbonyl (C=O) groups is 2. The van der Waals surface area contributed by atoms with Crippen molar-refractivity contribution in [1.29, 1.82) is 0 Å². The molecule has 3 aromatic rings. The molecule has 3 aromatic carbocycles. The Morgan fingerprint density at radius 3 is 2.36 bits per heavy atom. The Hall–Kier alpha value is -3.47. The topological polar surface area (TPSA) is 97.9 Å². The highest BCUT2D eigenvalue weighted by molar-refractivity contribution is 9.10. The van der Waals surface area contributed by atoms with Gasteiger partial charge in [-0.3, -0.25) is 14.9 Å². The van der Waals surface area contributed by atoms with Gasteiger partial charge < -0.3 is 24.8 Å². The lowest BCUT2D eigenvalue weighted by molar-refractivity contribution is 0.0976. The average Bonchev–Trinajstić information content (AvgIpc) is 2.86. The molecule has 0 unspecified atom stereocenters. The second kappa shape index (κ2) is 13.6. The molecule has 188 valence electrons. The third-order valence-corrected chi connectivity index (χ3v) is 5.63. The van der Waals surface area contributed by atoms with Crippen molar-refractivity contribution in [2.24, 2.45) is 0 Å². The van der Waals surface area contributed by atoms with E-state index in [-0.39, 0.29) is 11.0 Å². The molecule has 0 fully saturated rings. The van der Waals surface area contributed by atoms with E-state index in [9.17, 15) is 9.59 Å². The Kier molecular flexibility index (Phi) is 10.2. The van der Waals surface area contributed by atoms with Crippen LogP contribution in [0.15, 0.2) is 71.2 Å². The summed E-state index contributed by atoms with van der Waals surface area (Å²) in [5.74, 6) is 0.577. The molecule has 10 heteroatoms. The van der Waals surface area contributed by atoms with Crippen LogP contribution in [0, 0.1) is 0 Å². The molecule has 0 saturated carbocycles. The van der Waals surface area contributed by atoms with Gasteiger partial charge in [-0.25, -0.2) is 0 Å². The molecule has 3 rings (SSSR count). The number of rotatable bonds is 10. The summed E-state index contributed by atoms with van der Waals surface area (Å²) >= 11 is 8.72. The van der Waals surface area contributed by atoms with E-state index in [2.05, 4.69) is 31.9 Å². The van der Waals surface area contributed by atoms with Gasteiger partial charge >= 0.3 is 0 Å². The fourth-order valence-corrected chi connectivity index (χ4v) is 3.81. The first-order valence-corrected chi connectivity index (χ1v) is 12.3. The van der Waals surface area contributed by atoms with Crippen LogP contribution in [0.25, 0.3) is 0 Å². The van der Waals surface area contributed by atoms with Crippen molar-refractivity contribution >= 4 is 56.4 Å². The van der Waals surface area contributed by atoms with Gasteiger partial charge in [0.2, 0.25) is 0 Å². The summed E-state index contributed by atoms with van der Waals surface area (Å²) in [5.41, 5.74) is 1.82. The van der Waals surface area contributed by atoms with Crippen LogP contribution in [-0.2, 0) is 4.74 Å². The zero-order valence-electron chi connectivity index (χ0n) is 19.8. The van der Waals surface area contributed by atoms with Gasteiger partial charge in [0.25, 0.3) is 11.8 Å². The first-order valence-electron chi connectivity index (χ1n) is 11.1. The molecule has 3 N–H and O–H groups in total. The van der Waals surface area contributed by atoms with Gasteiger partial charge in [0.15, 0.2) is 5.11 Å². The molecule has 36 heavy (non-hydrogen) atoms. The van der Waals surface area contributed by atoms with E-state index in [0.717, 1.165) is 5.75 Å².